The zero-order chi connectivity index (χ0) is 23.3. The summed E-state index contributed by atoms with van der Waals surface area (Å²) < 4.78 is 56.8. The molecule has 0 spiro atoms. The van der Waals surface area contributed by atoms with Gasteiger partial charge in [-0.25, -0.2) is 4.98 Å². The van der Waals surface area contributed by atoms with Crippen molar-refractivity contribution in [3.8, 4) is 17.2 Å². The SMILES string of the molecule is CCOc1cc(C(=O)NCc2cn3cc(C(F)(F)F)ccc3n2)cc(OCC)c1OCC. The highest BCUT2D eigenvalue weighted by Gasteiger charge is 2.30. The second-order valence-corrected chi connectivity index (χ2v) is 6.70. The highest BCUT2D eigenvalue weighted by Crippen LogP contribution is 2.39. The minimum absolute atomic E-state index is 0.0308. The molecule has 0 aliphatic carbocycles. The molecular weight excluding hydrogens is 427 g/mol. The summed E-state index contributed by atoms with van der Waals surface area (Å²) in [4.78, 5) is 17.0. The number of ether oxygens (including phenoxy) is 3. The van der Waals surface area contributed by atoms with E-state index >= 15 is 0 Å². The van der Waals surface area contributed by atoms with Crippen LogP contribution < -0.4 is 19.5 Å². The molecule has 2 aromatic heterocycles. The van der Waals surface area contributed by atoms with Crippen LogP contribution in [-0.2, 0) is 12.7 Å². The molecule has 7 nitrogen and oxygen atoms in total. The molecule has 172 valence electrons. The van der Waals surface area contributed by atoms with Crippen LogP contribution in [0.1, 0.15) is 42.4 Å². The van der Waals surface area contributed by atoms with Crippen LogP contribution in [0.5, 0.6) is 17.2 Å². The maximum Gasteiger partial charge on any atom is 0.417 e. The van der Waals surface area contributed by atoms with Crippen molar-refractivity contribution < 1.29 is 32.2 Å². The third-order valence-electron chi connectivity index (χ3n) is 4.43. The van der Waals surface area contributed by atoms with Crippen LogP contribution in [0.3, 0.4) is 0 Å². The minimum Gasteiger partial charge on any atom is -0.490 e. The number of aromatic nitrogens is 2. The third-order valence-corrected chi connectivity index (χ3v) is 4.43. The molecule has 10 heteroatoms. The monoisotopic (exact) mass is 451 g/mol. The van der Waals surface area contributed by atoms with Crippen molar-refractivity contribution in [2.75, 3.05) is 19.8 Å². The lowest BCUT2D eigenvalue weighted by atomic mass is 10.1. The van der Waals surface area contributed by atoms with Gasteiger partial charge < -0.3 is 23.9 Å². The van der Waals surface area contributed by atoms with Crippen molar-refractivity contribution >= 4 is 11.6 Å². The van der Waals surface area contributed by atoms with E-state index in [9.17, 15) is 18.0 Å². The van der Waals surface area contributed by atoms with Crippen molar-refractivity contribution in [2.24, 2.45) is 0 Å². The normalized spacial score (nSPS) is 11.4. The zero-order valence-electron chi connectivity index (χ0n) is 18.0. The van der Waals surface area contributed by atoms with Crippen LogP contribution in [0, 0.1) is 0 Å². The van der Waals surface area contributed by atoms with Gasteiger partial charge in [0.15, 0.2) is 11.5 Å². The van der Waals surface area contributed by atoms with E-state index in [1.54, 1.807) is 12.1 Å². The molecule has 0 saturated heterocycles. The summed E-state index contributed by atoms with van der Waals surface area (Å²) >= 11 is 0. The number of hydrogen-bond donors (Lipinski definition) is 1. The number of carbonyl (C=O) groups is 1. The van der Waals surface area contributed by atoms with Gasteiger partial charge in [-0.1, -0.05) is 0 Å². The lowest BCUT2D eigenvalue weighted by Crippen LogP contribution is -2.23. The van der Waals surface area contributed by atoms with Gasteiger partial charge in [-0.15, -0.1) is 0 Å². The molecule has 1 aromatic carbocycles. The molecule has 0 aliphatic heterocycles. The average Bonchev–Trinajstić information content (AvgIpc) is 3.16. The van der Waals surface area contributed by atoms with E-state index in [1.807, 2.05) is 20.8 Å². The maximum absolute atomic E-state index is 12.9. The number of hydrogen-bond acceptors (Lipinski definition) is 5. The van der Waals surface area contributed by atoms with E-state index < -0.39 is 17.6 Å². The lowest BCUT2D eigenvalue weighted by molar-refractivity contribution is -0.137. The fourth-order valence-corrected chi connectivity index (χ4v) is 3.09. The summed E-state index contributed by atoms with van der Waals surface area (Å²) in [6.07, 6.45) is -2.04. The van der Waals surface area contributed by atoms with Crippen molar-refractivity contribution in [1.82, 2.24) is 14.7 Å². The van der Waals surface area contributed by atoms with Crippen molar-refractivity contribution in [3.05, 3.63) is 53.5 Å². The first kappa shape index (κ1) is 23.2. The van der Waals surface area contributed by atoms with Crippen molar-refractivity contribution in [1.29, 1.82) is 0 Å². The van der Waals surface area contributed by atoms with Gasteiger partial charge in [-0.05, 0) is 45.0 Å². The first-order chi connectivity index (χ1) is 15.3. The summed E-state index contributed by atoms with van der Waals surface area (Å²) in [7, 11) is 0. The fraction of sp³-hybridized carbons (Fsp3) is 0.364. The number of benzene rings is 1. The van der Waals surface area contributed by atoms with Crippen LogP contribution in [0.15, 0.2) is 36.7 Å². The highest BCUT2D eigenvalue weighted by molar-refractivity contribution is 5.95. The molecule has 0 unspecified atom stereocenters. The lowest BCUT2D eigenvalue weighted by Gasteiger charge is -2.17. The van der Waals surface area contributed by atoms with E-state index in [1.165, 1.54) is 16.7 Å². The molecule has 0 bridgehead atoms. The Hall–Kier alpha value is -3.43. The number of fused-ring (bicyclic) bond motifs is 1. The van der Waals surface area contributed by atoms with Gasteiger partial charge in [-0.2, -0.15) is 13.2 Å². The van der Waals surface area contributed by atoms with Gasteiger partial charge in [0.25, 0.3) is 5.91 Å². The summed E-state index contributed by atoms with van der Waals surface area (Å²) in [6.45, 7) is 6.64. The van der Waals surface area contributed by atoms with E-state index in [2.05, 4.69) is 10.3 Å². The fourth-order valence-electron chi connectivity index (χ4n) is 3.09. The highest BCUT2D eigenvalue weighted by atomic mass is 19.4. The first-order valence-electron chi connectivity index (χ1n) is 10.2. The Bertz CT molecular complexity index is 1070. The Morgan fingerprint density at radius 1 is 1.00 bits per heavy atom. The van der Waals surface area contributed by atoms with E-state index in [-0.39, 0.29) is 6.54 Å². The molecule has 3 rings (SSSR count). The molecule has 1 amide bonds. The Kier molecular flexibility index (Phi) is 7.12. The quantitative estimate of drug-likeness (QED) is 0.519. The number of nitrogens with one attached hydrogen (secondary N) is 1. The number of carbonyl (C=O) groups excluding carboxylic acids is 1. The van der Waals surface area contributed by atoms with E-state index in [0.29, 0.717) is 54.0 Å². The van der Waals surface area contributed by atoms with Crippen molar-refractivity contribution in [2.45, 2.75) is 33.5 Å². The maximum atomic E-state index is 12.9. The summed E-state index contributed by atoms with van der Waals surface area (Å²) in [5.41, 5.74) is 0.280. The second kappa shape index (κ2) is 9.80. The number of imidazole rings is 1. The van der Waals surface area contributed by atoms with E-state index in [4.69, 9.17) is 14.2 Å². The van der Waals surface area contributed by atoms with Gasteiger partial charge in [0, 0.05) is 18.0 Å². The minimum atomic E-state index is -4.45. The number of halogens is 3. The van der Waals surface area contributed by atoms with Gasteiger partial charge in [0.05, 0.1) is 37.6 Å². The Morgan fingerprint density at radius 3 is 2.19 bits per heavy atom. The largest absolute Gasteiger partial charge is 0.490 e. The topological polar surface area (TPSA) is 74.1 Å². The third kappa shape index (κ3) is 5.24. The van der Waals surface area contributed by atoms with Crippen LogP contribution in [0.2, 0.25) is 0 Å². The predicted octanol–water partition coefficient (Wildman–Crippen LogP) is 4.48. The molecule has 0 aliphatic rings. The molecule has 0 atom stereocenters. The number of amides is 1. The zero-order valence-corrected chi connectivity index (χ0v) is 18.0. The molecule has 0 fully saturated rings. The predicted molar refractivity (Wildman–Crippen MR) is 111 cm³/mol. The summed E-state index contributed by atoms with van der Waals surface area (Å²) in [5, 5.41) is 2.72. The van der Waals surface area contributed by atoms with Gasteiger partial charge >= 0.3 is 6.18 Å². The molecule has 2 heterocycles. The number of nitrogens with zero attached hydrogens (tertiary/aromatic N) is 2. The molecule has 0 radical (unpaired) electrons. The number of alkyl halides is 3. The van der Waals surface area contributed by atoms with Crippen LogP contribution >= 0.6 is 0 Å². The molecular formula is C22H24F3N3O4. The van der Waals surface area contributed by atoms with Gasteiger partial charge in [-0.3, -0.25) is 4.79 Å². The number of pyridine rings is 1. The van der Waals surface area contributed by atoms with Gasteiger partial charge in [0.2, 0.25) is 5.75 Å². The number of rotatable bonds is 9. The standard InChI is InChI=1S/C22H24F3N3O4/c1-4-30-17-9-14(10-18(31-5-2)20(17)32-6-3)21(29)26-11-16-13-28-12-15(22(23,24)25)7-8-19(28)27-16/h7-10,12-13H,4-6,11H2,1-3H3,(H,26,29). The molecule has 32 heavy (non-hydrogen) atoms. The van der Waals surface area contributed by atoms with Crippen LogP contribution in [-0.4, -0.2) is 35.1 Å². The molecule has 3 aromatic rings. The second-order valence-electron chi connectivity index (χ2n) is 6.70. The Balaban J connectivity index is 1.80. The molecule has 1 N–H and O–H groups in total. The van der Waals surface area contributed by atoms with E-state index in [0.717, 1.165) is 12.3 Å². The van der Waals surface area contributed by atoms with Gasteiger partial charge in [0.1, 0.15) is 5.65 Å². The van der Waals surface area contributed by atoms with Crippen LogP contribution in [0.4, 0.5) is 13.2 Å². The van der Waals surface area contributed by atoms with Crippen molar-refractivity contribution in [3.63, 3.8) is 0 Å². The smallest absolute Gasteiger partial charge is 0.417 e. The Labute approximate surface area is 183 Å². The average molecular weight is 451 g/mol. The van der Waals surface area contributed by atoms with Crippen LogP contribution in [0.25, 0.3) is 5.65 Å². The summed E-state index contributed by atoms with van der Waals surface area (Å²) in [6, 6.07) is 5.37. The summed E-state index contributed by atoms with van der Waals surface area (Å²) in [5.74, 6) is 0.785. The molecule has 0 saturated carbocycles. The first-order valence-corrected chi connectivity index (χ1v) is 10.2. The Morgan fingerprint density at radius 2 is 1.62 bits per heavy atom.